The first kappa shape index (κ1) is 12.4. The maximum Gasteiger partial charge on any atom is 0.337 e. The van der Waals surface area contributed by atoms with Gasteiger partial charge < -0.3 is 10.4 Å². The average molecular weight is 298 g/mol. The molecule has 17 heavy (non-hydrogen) atoms. The topological polar surface area (TPSA) is 49.3 Å². The molecule has 1 saturated carbocycles. The predicted molar refractivity (Wildman–Crippen MR) is 71.5 cm³/mol. The zero-order chi connectivity index (χ0) is 12.5. The molecular weight excluding hydrogens is 282 g/mol. The third-order valence-electron chi connectivity index (χ3n) is 3.48. The molecule has 0 saturated heterocycles. The Balaban J connectivity index is 2.12. The van der Waals surface area contributed by atoms with E-state index in [1.807, 2.05) is 12.1 Å². The second-order valence-electron chi connectivity index (χ2n) is 5.01. The summed E-state index contributed by atoms with van der Waals surface area (Å²) in [7, 11) is 0. The summed E-state index contributed by atoms with van der Waals surface area (Å²) in [5.74, 6) is -0.896. The number of carboxylic acids is 1. The Morgan fingerprint density at radius 2 is 2.24 bits per heavy atom. The smallest absolute Gasteiger partial charge is 0.337 e. The Hall–Kier alpha value is -1.03. The van der Waals surface area contributed by atoms with Gasteiger partial charge in [0.15, 0.2) is 0 Å². The van der Waals surface area contributed by atoms with E-state index in [1.165, 1.54) is 19.3 Å². The van der Waals surface area contributed by atoms with E-state index >= 15 is 0 Å². The number of hydrogen-bond acceptors (Lipinski definition) is 2. The van der Waals surface area contributed by atoms with Crippen LogP contribution >= 0.6 is 15.9 Å². The van der Waals surface area contributed by atoms with Gasteiger partial charge in [0, 0.05) is 16.7 Å². The highest BCUT2D eigenvalue weighted by Crippen LogP contribution is 2.40. The molecule has 0 bridgehead atoms. The number of hydrogen-bond donors (Lipinski definition) is 2. The van der Waals surface area contributed by atoms with E-state index in [0.29, 0.717) is 16.7 Å². The molecule has 1 aliphatic rings. The van der Waals surface area contributed by atoms with Gasteiger partial charge in [0.05, 0.1) is 5.56 Å². The molecule has 0 atom stereocenters. The zero-order valence-electron chi connectivity index (χ0n) is 9.79. The Morgan fingerprint density at radius 1 is 1.53 bits per heavy atom. The summed E-state index contributed by atoms with van der Waals surface area (Å²) in [6, 6.07) is 5.31. The van der Waals surface area contributed by atoms with Crippen LogP contribution in [0.3, 0.4) is 0 Å². The average Bonchev–Trinajstić information content (AvgIpc) is 2.24. The van der Waals surface area contributed by atoms with E-state index < -0.39 is 5.97 Å². The minimum absolute atomic E-state index is 0.322. The van der Waals surface area contributed by atoms with Crippen molar-refractivity contribution in [2.75, 3.05) is 11.9 Å². The van der Waals surface area contributed by atoms with Crippen molar-refractivity contribution in [2.45, 2.75) is 26.2 Å². The van der Waals surface area contributed by atoms with Gasteiger partial charge in [-0.1, -0.05) is 29.3 Å². The van der Waals surface area contributed by atoms with E-state index in [1.54, 1.807) is 6.07 Å². The van der Waals surface area contributed by atoms with Crippen LogP contribution in [0.2, 0.25) is 0 Å². The molecule has 0 spiro atoms. The number of halogens is 1. The molecule has 0 radical (unpaired) electrons. The van der Waals surface area contributed by atoms with Gasteiger partial charge >= 0.3 is 5.97 Å². The van der Waals surface area contributed by atoms with Crippen LogP contribution in [0.1, 0.15) is 36.5 Å². The van der Waals surface area contributed by atoms with Crippen molar-refractivity contribution in [3.63, 3.8) is 0 Å². The second-order valence-corrected chi connectivity index (χ2v) is 5.93. The molecule has 0 amide bonds. The number of benzene rings is 1. The van der Waals surface area contributed by atoms with Crippen molar-refractivity contribution >= 4 is 27.6 Å². The number of rotatable bonds is 4. The first-order chi connectivity index (χ1) is 8.00. The lowest BCUT2D eigenvalue weighted by molar-refractivity contribution is 0.0697. The molecule has 0 aliphatic heterocycles. The Kier molecular flexibility index (Phi) is 3.43. The molecule has 1 aromatic carbocycles. The number of carboxylic acid groups (broad SMARTS) is 1. The molecule has 92 valence electrons. The van der Waals surface area contributed by atoms with E-state index in [-0.39, 0.29) is 0 Å². The molecule has 2 N–H and O–H groups in total. The van der Waals surface area contributed by atoms with Crippen LogP contribution in [0.25, 0.3) is 0 Å². The normalized spacial score (nSPS) is 17.3. The van der Waals surface area contributed by atoms with Crippen molar-refractivity contribution in [3.05, 3.63) is 28.2 Å². The quantitative estimate of drug-likeness (QED) is 0.890. The van der Waals surface area contributed by atoms with E-state index in [0.717, 1.165) is 11.0 Å². The lowest BCUT2D eigenvalue weighted by Gasteiger charge is -2.38. The van der Waals surface area contributed by atoms with Crippen LogP contribution < -0.4 is 5.32 Å². The summed E-state index contributed by atoms with van der Waals surface area (Å²) in [4.78, 5) is 11.1. The predicted octanol–water partition coefficient (Wildman–Crippen LogP) is 3.75. The summed E-state index contributed by atoms with van der Waals surface area (Å²) >= 11 is 3.29. The van der Waals surface area contributed by atoms with Crippen LogP contribution in [-0.4, -0.2) is 17.6 Å². The van der Waals surface area contributed by atoms with Gasteiger partial charge in [0.1, 0.15) is 0 Å². The molecule has 1 aromatic rings. The highest BCUT2D eigenvalue weighted by molar-refractivity contribution is 9.10. The number of nitrogens with one attached hydrogen (secondary N) is 1. The lowest BCUT2D eigenvalue weighted by atomic mass is 9.70. The Bertz CT molecular complexity index is 441. The molecule has 3 nitrogen and oxygen atoms in total. The standard InChI is InChI=1S/C13H16BrNO2/c1-13(5-2-6-13)8-15-11-4-3-9(14)7-10(11)12(16)17/h3-4,7,15H,2,5-6,8H2,1H3,(H,16,17). The van der Waals surface area contributed by atoms with Gasteiger partial charge in [-0.15, -0.1) is 0 Å². The molecular formula is C13H16BrNO2. The highest BCUT2D eigenvalue weighted by atomic mass is 79.9. The SMILES string of the molecule is CC1(CNc2ccc(Br)cc2C(=O)O)CCC1. The van der Waals surface area contributed by atoms with Gasteiger partial charge in [-0.25, -0.2) is 4.79 Å². The first-order valence-corrected chi connectivity index (χ1v) is 6.56. The van der Waals surface area contributed by atoms with Crippen LogP contribution in [0.5, 0.6) is 0 Å². The third kappa shape index (κ3) is 2.80. The van der Waals surface area contributed by atoms with Gasteiger partial charge in [0.2, 0.25) is 0 Å². The number of aromatic carboxylic acids is 1. The van der Waals surface area contributed by atoms with Crippen molar-refractivity contribution < 1.29 is 9.90 Å². The van der Waals surface area contributed by atoms with Crippen molar-refractivity contribution in [1.82, 2.24) is 0 Å². The lowest BCUT2D eigenvalue weighted by Crippen LogP contribution is -2.33. The minimum Gasteiger partial charge on any atom is -0.478 e. The van der Waals surface area contributed by atoms with Gasteiger partial charge in [-0.05, 0) is 36.5 Å². The molecule has 0 aromatic heterocycles. The molecule has 1 aliphatic carbocycles. The molecule has 0 unspecified atom stereocenters. The van der Waals surface area contributed by atoms with Crippen LogP contribution in [0.15, 0.2) is 22.7 Å². The molecule has 1 fully saturated rings. The highest BCUT2D eigenvalue weighted by Gasteiger charge is 2.31. The number of carbonyl (C=O) groups is 1. The second kappa shape index (κ2) is 4.69. The van der Waals surface area contributed by atoms with Gasteiger partial charge in [0.25, 0.3) is 0 Å². The van der Waals surface area contributed by atoms with Crippen molar-refractivity contribution in [3.8, 4) is 0 Å². The van der Waals surface area contributed by atoms with Crippen LogP contribution in [-0.2, 0) is 0 Å². The van der Waals surface area contributed by atoms with Crippen molar-refractivity contribution in [1.29, 1.82) is 0 Å². The summed E-state index contributed by atoms with van der Waals surface area (Å²) in [6.07, 6.45) is 3.72. The Labute approximate surface area is 109 Å². The van der Waals surface area contributed by atoms with Crippen LogP contribution in [0, 0.1) is 5.41 Å². The zero-order valence-corrected chi connectivity index (χ0v) is 11.4. The van der Waals surface area contributed by atoms with Gasteiger partial charge in [-0.2, -0.15) is 0 Å². The van der Waals surface area contributed by atoms with E-state index in [2.05, 4.69) is 28.2 Å². The van der Waals surface area contributed by atoms with E-state index in [9.17, 15) is 4.79 Å². The summed E-state index contributed by atoms with van der Waals surface area (Å²) < 4.78 is 0.787. The summed E-state index contributed by atoms with van der Waals surface area (Å²) in [5.41, 5.74) is 1.36. The maximum absolute atomic E-state index is 11.1. The molecule has 0 heterocycles. The molecule has 2 rings (SSSR count). The largest absolute Gasteiger partial charge is 0.478 e. The monoisotopic (exact) mass is 297 g/mol. The fraction of sp³-hybridized carbons (Fsp3) is 0.462. The Morgan fingerprint density at radius 3 is 2.76 bits per heavy atom. The van der Waals surface area contributed by atoms with Crippen molar-refractivity contribution in [2.24, 2.45) is 5.41 Å². The number of anilines is 1. The minimum atomic E-state index is -0.896. The summed E-state index contributed by atoms with van der Waals surface area (Å²) in [6.45, 7) is 3.08. The maximum atomic E-state index is 11.1. The first-order valence-electron chi connectivity index (χ1n) is 5.77. The summed E-state index contributed by atoms with van der Waals surface area (Å²) in [5, 5.41) is 12.4. The third-order valence-corrected chi connectivity index (χ3v) is 3.97. The van der Waals surface area contributed by atoms with Crippen LogP contribution in [0.4, 0.5) is 5.69 Å². The van der Waals surface area contributed by atoms with Gasteiger partial charge in [-0.3, -0.25) is 0 Å². The fourth-order valence-electron chi connectivity index (χ4n) is 2.11. The van der Waals surface area contributed by atoms with E-state index in [4.69, 9.17) is 5.11 Å². The fourth-order valence-corrected chi connectivity index (χ4v) is 2.47. The molecule has 4 heteroatoms.